The van der Waals surface area contributed by atoms with Gasteiger partial charge in [0.25, 0.3) is 5.91 Å². The molecule has 9 nitrogen and oxygen atoms in total. The summed E-state index contributed by atoms with van der Waals surface area (Å²) >= 11 is 2.07. The van der Waals surface area contributed by atoms with Gasteiger partial charge in [0.2, 0.25) is 0 Å². The van der Waals surface area contributed by atoms with Crippen molar-refractivity contribution in [3.05, 3.63) is 62.4 Å². The second-order valence-corrected chi connectivity index (χ2v) is 7.76. The summed E-state index contributed by atoms with van der Waals surface area (Å²) < 4.78 is 12.4. The predicted molar refractivity (Wildman–Crippen MR) is 122 cm³/mol. The lowest BCUT2D eigenvalue weighted by Crippen LogP contribution is -2.35. The molecule has 164 valence electrons. The van der Waals surface area contributed by atoms with E-state index in [-0.39, 0.29) is 12.3 Å². The van der Waals surface area contributed by atoms with E-state index in [1.165, 1.54) is 6.08 Å². The molecule has 32 heavy (non-hydrogen) atoms. The summed E-state index contributed by atoms with van der Waals surface area (Å²) in [5.41, 5.74) is 1.77. The molecule has 0 aliphatic carbocycles. The molecule has 0 unspecified atom stereocenters. The van der Waals surface area contributed by atoms with E-state index in [0.29, 0.717) is 37.7 Å². The third-order valence-corrected chi connectivity index (χ3v) is 5.21. The zero-order valence-corrected chi connectivity index (χ0v) is 19.1. The Morgan fingerprint density at radius 1 is 1.28 bits per heavy atom. The van der Waals surface area contributed by atoms with E-state index in [1.807, 2.05) is 19.1 Å². The smallest absolute Gasteiger partial charge is 0.329 e. The third-order valence-electron chi connectivity index (χ3n) is 4.41. The van der Waals surface area contributed by atoms with Crippen molar-refractivity contribution < 1.29 is 29.0 Å². The molecule has 0 spiro atoms. The standard InChI is InChI=1S/C22H18IN3O6/c1-2-31-18-9-13(8-17-21(29)26(11-19(27)28)22(30)25-17)7-16(23)20(18)32-12-15-6-4-3-5-14(15)10-24/h3-9H,2,11-12H2,1H3,(H,25,30)(H,27,28)/b17-8+. The normalized spacial score (nSPS) is 14.3. The highest BCUT2D eigenvalue weighted by molar-refractivity contribution is 14.1. The Bertz CT molecular complexity index is 1150. The molecule has 10 heteroatoms. The summed E-state index contributed by atoms with van der Waals surface area (Å²) in [6.45, 7) is 1.63. The minimum atomic E-state index is -1.29. The number of imide groups is 1. The van der Waals surface area contributed by atoms with Crippen molar-refractivity contribution in [2.24, 2.45) is 0 Å². The van der Waals surface area contributed by atoms with Gasteiger partial charge in [0.15, 0.2) is 11.5 Å². The third kappa shape index (κ3) is 5.17. The lowest BCUT2D eigenvalue weighted by atomic mass is 10.1. The molecule has 1 heterocycles. The average Bonchev–Trinajstić information content (AvgIpc) is 3.00. The number of hydrogen-bond acceptors (Lipinski definition) is 6. The number of nitrogens with zero attached hydrogens (tertiary/aromatic N) is 2. The monoisotopic (exact) mass is 547 g/mol. The first-order valence-electron chi connectivity index (χ1n) is 9.47. The highest BCUT2D eigenvalue weighted by Gasteiger charge is 2.34. The van der Waals surface area contributed by atoms with Crippen LogP contribution in [0.15, 0.2) is 42.1 Å². The summed E-state index contributed by atoms with van der Waals surface area (Å²) in [6.07, 6.45) is 1.45. The van der Waals surface area contributed by atoms with E-state index in [9.17, 15) is 19.6 Å². The van der Waals surface area contributed by atoms with Gasteiger partial charge in [-0.25, -0.2) is 9.69 Å². The zero-order valence-electron chi connectivity index (χ0n) is 16.9. The van der Waals surface area contributed by atoms with Crippen LogP contribution < -0.4 is 14.8 Å². The van der Waals surface area contributed by atoms with Gasteiger partial charge in [-0.1, -0.05) is 18.2 Å². The minimum absolute atomic E-state index is 0.0360. The number of aliphatic carboxylic acids is 1. The number of carboxylic acids is 1. The van der Waals surface area contributed by atoms with E-state index in [2.05, 4.69) is 34.0 Å². The molecule has 1 saturated heterocycles. The topological polar surface area (TPSA) is 129 Å². The van der Waals surface area contributed by atoms with Crippen molar-refractivity contribution >= 4 is 46.6 Å². The molecular formula is C22H18IN3O6. The van der Waals surface area contributed by atoms with E-state index < -0.39 is 24.5 Å². The van der Waals surface area contributed by atoms with E-state index in [1.54, 1.807) is 24.3 Å². The number of carboxylic acid groups (broad SMARTS) is 1. The van der Waals surface area contributed by atoms with Crippen LogP contribution in [0.1, 0.15) is 23.6 Å². The van der Waals surface area contributed by atoms with Crippen molar-refractivity contribution in [3.8, 4) is 17.6 Å². The van der Waals surface area contributed by atoms with Crippen molar-refractivity contribution in [3.63, 3.8) is 0 Å². The Balaban J connectivity index is 1.88. The van der Waals surface area contributed by atoms with Crippen LogP contribution in [0.2, 0.25) is 0 Å². The molecular weight excluding hydrogens is 529 g/mol. The lowest BCUT2D eigenvalue weighted by Gasteiger charge is -2.15. The van der Waals surface area contributed by atoms with Gasteiger partial charge in [-0.2, -0.15) is 5.26 Å². The summed E-state index contributed by atoms with van der Waals surface area (Å²) in [5.74, 6) is -1.10. The number of benzene rings is 2. The molecule has 2 N–H and O–H groups in total. The Labute approximate surface area is 197 Å². The first-order chi connectivity index (χ1) is 15.3. The maximum absolute atomic E-state index is 12.4. The summed E-state index contributed by atoms with van der Waals surface area (Å²) in [7, 11) is 0. The van der Waals surface area contributed by atoms with Crippen LogP contribution in [0, 0.1) is 14.9 Å². The van der Waals surface area contributed by atoms with Gasteiger partial charge in [-0.05, 0) is 59.4 Å². The van der Waals surface area contributed by atoms with Crippen molar-refractivity contribution in [2.75, 3.05) is 13.2 Å². The molecule has 2 aromatic rings. The lowest BCUT2D eigenvalue weighted by molar-refractivity contribution is -0.140. The van der Waals surface area contributed by atoms with Crippen LogP contribution in [0.5, 0.6) is 11.5 Å². The molecule has 0 aromatic heterocycles. The van der Waals surface area contributed by atoms with Gasteiger partial charge in [0.1, 0.15) is 18.8 Å². The minimum Gasteiger partial charge on any atom is -0.490 e. The van der Waals surface area contributed by atoms with Gasteiger partial charge in [0, 0.05) is 5.56 Å². The molecule has 3 amide bonds. The molecule has 1 aliphatic heterocycles. The molecule has 0 radical (unpaired) electrons. The molecule has 1 aliphatic rings. The summed E-state index contributed by atoms with van der Waals surface area (Å²) in [5, 5.41) is 20.5. The Morgan fingerprint density at radius 2 is 2.03 bits per heavy atom. The van der Waals surface area contributed by atoms with Crippen LogP contribution >= 0.6 is 22.6 Å². The molecule has 3 rings (SSSR count). The summed E-state index contributed by atoms with van der Waals surface area (Å²) in [6, 6.07) is 11.9. The first kappa shape index (κ1) is 23.1. The van der Waals surface area contributed by atoms with Gasteiger partial charge in [-0.3, -0.25) is 9.59 Å². The Hall–Kier alpha value is -3.59. The van der Waals surface area contributed by atoms with Crippen LogP contribution in [-0.4, -0.2) is 41.1 Å². The molecule has 0 bridgehead atoms. The Morgan fingerprint density at radius 3 is 2.72 bits per heavy atom. The number of rotatable bonds is 8. The van der Waals surface area contributed by atoms with E-state index in [4.69, 9.17) is 14.6 Å². The zero-order chi connectivity index (χ0) is 23.3. The van der Waals surface area contributed by atoms with Crippen LogP contribution in [-0.2, 0) is 16.2 Å². The number of ether oxygens (including phenoxy) is 2. The maximum Gasteiger partial charge on any atom is 0.329 e. The maximum atomic E-state index is 12.4. The second-order valence-electron chi connectivity index (χ2n) is 6.59. The van der Waals surface area contributed by atoms with Crippen molar-refractivity contribution in [1.82, 2.24) is 10.2 Å². The van der Waals surface area contributed by atoms with Gasteiger partial charge < -0.3 is 19.9 Å². The van der Waals surface area contributed by atoms with Crippen LogP contribution in [0.3, 0.4) is 0 Å². The van der Waals surface area contributed by atoms with Crippen molar-refractivity contribution in [2.45, 2.75) is 13.5 Å². The number of halogens is 1. The molecule has 0 atom stereocenters. The second kappa shape index (κ2) is 10.1. The van der Waals surface area contributed by atoms with Gasteiger partial charge in [0.05, 0.1) is 21.8 Å². The largest absolute Gasteiger partial charge is 0.490 e. The fourth-order valence-electron chi connectivity index (χ4n) is 3.00. The van der Waals surface area contributed by atoms with Crippen LogP contribution in [0.4, 0.5) is 4.79 Å². The highest BCUT2D eigenvalue weighted by Crippen LogP contribution is 2.36. The molecule has 2 aromatic carbocycles. The number of carbonyl (C=O) groups excluding carboxylic acids is 2. The quantitative estimate of drug-likeness (QED) is 0.295. The fourth-order valence-corrected chi connectivity index (χ4v) is 3.78. The number of carbonyl (C=O) groups is 3. The molecule has 1 fully saturated rings. The number of nitriles is 1. The SMILES string of the molecule is CCOc1cc(/C=C2/NC(=O)N(CC(=O)O)C2=O)cc(I)c1OCc1ccccc1C#N. The number of hydrogen-bond donors (Lipinski definition) is 2. The number of nitrogens with one attached hydrogen (secondary N) is 1. The fraction of sp³-hybridized carbons (Fsp3) is 0.182. The molecule has 0 saturated carbocycles. The average molecular weight is 547 g/mol. The highest BCUT2D eigenvalue weighted by atomic mass is 127. The first-order valence-corrected chi connectivity index (χ1v) is 10.5. The number of amides is 3. The summed E-state index contributed by atoms with van der Waals surface area (Å²) in [4.78, 5) is 35.8. The van der Waals surface area contributed by atoms with E-state index in [0.717, 1.165) is 5.56 Å². The predicted octanol–water partition coefficient (Wildman–Crippen LogP) is 3.12. The van der Waals surface area contributed by atoms with Gasteiger partial charge in [-0.15, -0.1) is 0 Å². The number of urea groups is 1. The van der Waals surface area contributed by atoms with E-state index >= 15 is 0 Å². The Kier molecular flexibility index (Phi) is 7.32. The van der Waals surface area contributed by atoms with Crippen LogP contribution in [0.25, 0.3) is 6.08 Å². The van der Waals surface area contributed by atoms with Crippen molar-refractivity contribution in [1.29, 1.82) is 5.26 Å². The van der Waals surface area contributed by atoms with Gasteiger partial charge >= 0.3 is 12.0 Å².